The summed E-state index contributed by atoms with van der Waals surface area (Å²) in [6.07, 6.45) is -4.80. The number of ether oxygens (including phenoxy) is 2. The molecule has 3 aromatic carbocycles. The Bertz CT molecular complexity index is 1360. The fourth-order valence-electron chi connectivity index (χ4n) is 2.82. The summed E-state index contributed by atoms with van der Waals surface area (Å²) in [5.41, 5.74) is -2.06. The zero-order valence-electron chi connectivity index (χ0n) is 17.1. The van der Waals surface area contributed by atoms with Crippen molar-refractivity contribution in [1.82, 2.24) is 0 Å². The summed E-state index contributed by atoms with van der Waals surface area (Å²) in [4.78, 5) is 11.9. The molecule has 3 aromatic rings. The van der Waals surface area contributed by atoms with Gasteiger partial charge in [-0.25, -0.2) is 22.3 Å². The second kappa shape index (κ2) is 9.27. The van der Waals surface area contributed by atoms with Crippen LogP contribution in [-0.2, 0) is 16.2 Å². The molecule has 0 aliphatic carbocycles. The largest absolute Gasteiger partial charge is 0.494 e. The molecule has 1 amide bonds. The number of nitrogens with one attached hydrogen (secondary N) is 1. The number of halogens is 5. The highest BCUT2D eigenvalue weighted by atomic mass is 32.2. The monoisotopic (exact) mass is 502 g/mol. The van der Waals surface area contributed by atoms with Gasteiger partial charge in [-0.05, 0) is 48.5 Å². The Morgan fingerprint density at radius 3 is 2.18 bits per heavy atom. The number of methoxy groups -OCH3 is 1. The van der Waals surface area contributed by atoms with Crippen LogP contribution in [0.2, 0.25) is 0 Å². The number of nitrogens with two attached hydrogens (primary N) is 1. The normalized spacial score (nSPS) is 11.7. The summed E-state index contributed by atoms with van der Waals surface area (Å²) in [6.45, 7) is 0. The van der Waals surface area contributed by atoms with E-state index in [4.69, 9.17) is 14.6 Å². The van der Waals surface area contributed by atoms with Gasteiger partial charge in [-0.15, -0.1) is 0 Å². The van der Waals surface area contributed by atoms with Crippen molar-refractivity contribution in [3.05, 3.63) is 77.4 Å². The molecule has 0 fully saturated rings. The van der Waals surface area contributed by atoms with Crippen LogP contribution in [-0.4, -0.2) is 21.4 Å². The number of carbonyl (C=O) groups excluding carboxylic acids is 1. The zero-order valence-corrected chi connectivity index (χ0v) is 17.9. The molecule has 0 bridgehead atoms. The molecule has 7 nitrogen and oxygen atoms in total. The number of hydrogen-bond acceptors (Lipinski definition) is 5. The number of hydrogen-bond donors (Lipinski definition) is 2. The van der Waals surface area contributed by atoms with Crippen LogP contribution in [0.25, 0.3) is 0 Å². The molecule has 0 spiro atoms. The molecular formula is C21H15F5N2O5S. The van der Waals surface area contributed by atoms with Crippen molar-refractivity contribution in [1.29, 1.82) is 0 Å². The van der Waals surface area contributed by atoms with E-state index in [2.05, 4.69) is 5.32 Å². The Kier molecular flexibility index (Phi) is 6.79. The average Bonchev–Trinajstić information content (AvgIpc) is 2.72. The predicted molar refractivity (Wildman–Crippen MR) is 110 cm³/mol. The van der Waals surface area contributed by atoms with E-state index in [9.17, 15) is 35.2 Å². The first-order valence-corrected chi connectivity index (χ1v) is 10.7. The van der Waals surface area contributed by atoms with E-state index in [1.807, 2.05) is 0 Å². The van der Waals surface area contributed by atoms with Gasteiger partial charge in [-0.1, -0.05) is 0 Å². The maximum Gasteiger partial charge on any atom is 0.416 e. The second-order valence-corrected chi connectivity index (χ2v) is 8.28. The van der Waals surface area contributed by atoms with Gasteiger partial charge >= 0.3 is 6.18 Å². The predicted octanol–water partition coefficient (Wildman–Crippen LogP) is 4.68. The molecule has 0 saturated heterocycles. The first-order valence-electron chi connectivity index (χ1n) is 9.16. The lowest BCUT2D eigenvalue weighted by atomic mass is 10.1. The van der Waals surface area contributed by atoms with Crippen LogP contribution in [0.4, 0.5) is 27.6 Å². The molecule has 0 unspecified atom stereocenters. The summed E-state index contributed by atoms with van der Waals surface area (Å²) in [6, 6.07) is 7.81. The maximum atomic E-state index is 14.1. The van der Waals surface area contributed by atoms with Crippen molar-refractivity contribution in [3.63, 3.8) is 0 Å². The highest BCUT2D eigenvalue weighted by Crippen LogP contribution is 2.35. The Hall–Kier alpha value is -3.71. The molecule has 0 aliphatic rings. The summed E-state index contributed by atoms with van der Waals surface area (Å²) in [7, 11) is -3.14. The number of amides is 1. The molecule has 0 heterocycles. The number of rotatable bonds is 6. The van der Waals surface area contributed by atoms with Gasteiger partial charge in [0.25, 0.3) is 5.91 Å². The summed E-state index contributed by atoms with van der Waals surface area (Å²) in [5, 5.41) is 7.02. The van der Waals surface area contributed by atoms with Crippen LogP contribution >= 0.6 is 0 Å². The summed E-state index contributed by atoms with van der Waals surface area (Å²) in [5.74, 6) is -3.86. The van der Waals surface area contributed by atoms with E-state index >= 15 is 0 Å². The number of benzene rings is 3. The molecule has 0 aliphatic heterocycles. The van der Waals surface area contributed by atoms with Gasteiger partial charge in [0.05, 0.1) is 18.2 Å². The van der Waals surface area contributed by atoms with Gasteiger partial charge in [0, 0.05) is 11.8 Å². The van der Waals surface area contributed by atoms with Gasteiger partial charge in [-0.2, -0.15) is 13.2 Å². The lowest BCUT2D eigenvalue weighted by Crippen LogP contribution is -2.17. The third kappa shape index (κ3) is 5.61. The minimum Gasteiger partial charge on any atom is -0.494 e. The van der Waals surface area contributed by atoms with Gasteiger partial charge in [-0.3, -0.25) is 4.79 Å². The van der Waals surface area contributed by atoms with Gasteiger partial charge in [0.1, 0.15) is 22.2 Å². The summed E-state index contributed by atoms with van der Waals surface area (Å²) < 4.78 is 100. The Labute approximate surface area is 190 Å². The molecular weight excluding hydrogens is 487 g/mol. The van der Waals surface area contributed by atoms with Gasteiger partial charge in [0.2, 0.25) is 10.0 Å². The fraction of sp³-hybridized carbons (Fsp3) is 0.0952. The topological polar surface area (TPSA) is 108 Å². The first kappa shape index (κ1) is 24.9. The molecule has 180 valence electrons. The number of primary sulfonamides is 1. The lowest BCUT2D eigenvalue weighted by Gasteiger charge is -2.15. The van der Waals surface area contributed by atoms with E-state index in [1.165, 1.54) is 19.2 Å². The smallest absolute Gasteiger partial charge is 0.416 e. The number of sulfonamides is 1. The van der Waals surface area contributed by atoms with Crippen molar-refractivity contribution in [3.8, 4) is 17.2 Å². The van der Waals surface area contributed by atoms with E-state index in [-0.39, 0.29) is 22.9 Å². The van der Waals surface area contributed by atoms with Crippen LogP contribution < -0.4 is 19.9 Å². The van der Waals surface area contributed by atoms with E-state index in [1.54, 1.807) is 0 Å². The SMILES string of the molecule is COc1ccc(Oc2ccc(C(F)(F)F)cc2C(=O)Nc2ccc(S(N)(=O)=O)c(F)c2)cc1F. The van der Waals surface area contributed by atoms with E-state index < -0.39 is 49.8 Å². The van der Waals surface area contributed by atoms with Crippen LogP contribution in [0.1, 0.15) is 15.9 Å². The van der Waals surface area contributed by atoms with Crippen molar-refractivity contribution in [2.24, 2.45) is 5.14 Å². The second-order valence-electron chi connectivity index (χ2n) is 6.75. The minimum absolute atomic E-state index is 0.109. The van der Waals surface area contributed by atoms with E-state index in [0.29, 0.717) is 18.2 Å². The molecule has 34 heavy (non-hydrogen) atoms. The zero-order chi connectivity index (χ0) is 25.3. The molecule has 13 heteroatoms. The minimum atomic E-state index is -4.80. The van der Waals surface area contributed by atoms with Crippen molar-refractivity contribution in [2.45, 2.75) is 11.1 Å². The molecule has 3 N–H and O–H groups in total. The van der Waals surface area contributed by atoms with Crippen LogP contribution in [0, 0.1) is 11.6 Å². The fourth-order valence-corrected chi connectivity index (χ4v) is 3.41. The third-order valence-electron chi connectivity index (χ3n) is 4.40. The molecule has 0 aromatic heterocycles. The van der Waals surface area contributed by atoms with Crippen molar-refractivity contribution >= 4 is 21.6 Å². The first-order chi connectivity index (χ1) is 15.8. The van der Waals surface area contributed by atoms with Crippen molar-refractivity contribution < 1.29 is 44.6 Å². The molecule has 0 atom stereocenters. The Balaban J connectivity index is 1.98. The number of alkyl halides is 3. The third-order valence-corrected chi connectivity index (χ3v) is 5.34. The van der Waals surface area contributed by atoms with Crippen LogP contribution in [0.15, 0.2) is 59.5 Å². The Morgan fingerprint density at radius 1 is 0.941 bits per heavy atom. The average molecular weight is 502 g/mol. The highest BCUT2D eigenvalue weighted by Gasteiger charge is 2.32. The summed E-state index contributed by atoms with van der Waals surface area (Å²) >= 11 is 0. The maximum absolute atomic E-state index is 14.1. The number of carbonyl (C=O) groups is 1. The highest BCUT2D eigenvalue weighted by molar-refractivity contribution is 7.89. The van der Waals surface area contributed by atoms with Gasteiger partial charge in [0.15, 0.2) is 11.6 Å². The van der Waals surface area contributed by atoms with Gasteiger partial charge < -0.3 is 14.8 Å². The van der Waals surface area contributed by atoms with Crippen molar-refractivity contribution in [2.75, 3.05) is 12.4 Å². The quantitative estimate of drug-likeness (QED) is 0.476. The lowest BCUT2D eigenvalue weighted by molar-refractivity contribution is -0.137. The van der Waals surface area contributed by atoms with Crippen LogP contribution in [0.3, 0.4) is 0 Å². The number of anilines is 1. The Morgan fingerprint density at radius 2 is 1.62 bits per heavy atom. The van der Waals surface area contributed by atoms with Crippen LogP contribution in [0.5, 0.6) is 17.2 Å². The molecule has 0 radical (unpaired) electrons. The van der Waals surface area contributed by atoms with E-state index in [0.717, 1.165) is 24.3 Å². The molecule has 3 rings (SSSR count). The molecule has 0 saturated carbocycles. The standard InChI is InChI=1S/C21H15F5N2O5S/c1-32-18-6-4-13(10-15(18)22)33-17-5-2-11(21(24,25)26)8-14(17)20(29)28-12-3-7-19(16(23)9-12)34(27,30)31/h2-10H,1H3,(H,28,29)(H2,27,30,31).